The Balaban J connectivity index is 1.78. The van der Waals surface area contributed by atoms with Crippen LogP contribution in [0.4, 0.5) is 4.39 Å². The Morgan fingerprint density at radius 3 is 2.70 bits per heavy atom. The van der Waals surface area contributed by atoms with Gasteiger partial charge >= 0.3 is 0 Å². The molecule has 0 unspecified atom stereocenters. The van der Waals surface area contributed by atoms with Crippen LogP contribution in [0.1, 0.15) is 18.4 Å². The second-order valence-electron chi connectivity index (χ2n) is 4.76. The topological polar surface area (TPSA) is 67.4 Å². The summed E-state index contributed by atoms with van der Waals surface area (Å²) in [5.74, 6) is -0.885. The molecule has 1 aliphatic rings. The Labute approximate surface area is 116 Å². The molecule has 6 heteroatoms. The molecule has 20 heavy (non-hydrogen) atoms. The predicted molar refractivity (Wildman–Crippen MR) is 70.8 cm³/mol. The summed E-state index contributed by atoms with van der Waals surface area (Å²) in [4.78, 5) is 23.0. The molecule has 0 spiro atoms. The van der Waals surface area contributed by atoms with E-state index in [2.05, 4.69) is 10.6 Å². The summed E-state index contributed by atoms with van der Waals surface area (Å²) in [6, 6.07) is 4.61. The first-order chi connectivity index (χ1) is 9.58. The molecule has 0 atom stereocenters. The van der Waals surface area contributed by atoms with Crippen LogP contribution in [0.15, 0.2) is 18.2 Å². The fourth-order valence-electron chi connectivity index (χ4n) is 1.75. The molecule has 2 amide bonds. The van der Waals surface area contributed by atoms with Crippen molar-refractivity contribution in [3.63, 3.8) is 0 Å². The molecule has 5 nitrogen and oxygen atoms in total. The maximum Gasteiger partial charge on any atom is 0.239 e. The number of rotatable bonds is 6. The number of benzene rings is 1. The highest BCUT2D eigenvalue weighted by atomic mass is 19.1. The van der Waals surface area contributed by atoms with E-state index in [1.807, 2.05) is 0 Å². The Morgan fingerprint density at radius 2 is 2.10 bits per heavy atom. The van der Waals surface area contributed by atoms with Gasteiger partial charge in [-0.15, -0.1) is 0 Å². The van der Waals surface area contributed by atoms with Gasteiger partial charge in [0.2, 0.25) is 11.8 Å². The number of carbonyl (C=O) groups excluding carboxylic acids is 2. The van der Waals surface area contributed by atoms with Crippen LogP contribution in [0.3, 0.4) is 0 Å². The van der Waals surface area contributed by atoms with E-state index < -0.39 is 5.82 Å². The second kappa shape index (κ2) is 6.36. The number of amides is 2. The number of ether oxygens (including phenoxy) is 1. The third-order valence-electron chi connectivity index (χ3n) is 2.97. The van der Waals surface area contributed by atoms with Crippen LogP contribution in [-0.2, 0) is 16.0 Å². The molecular formula is C14H17FN2O3. The molecule has 0 heterocycles. The van der Waals surface area contributed by atoms with Gasteiger partial charge < -0.3 is 15.4 Å². The number of halogens is 1. The van der Waals surface area contributed by atoms with E-state index in [4.69, 9.17) is 4.74 Å². The normalized spacial score (nSPS) is 13.7. The molecule has 0 aliphatic heterocycles. The lowest BCUT2D eigenvalue weighted by atomic mass is 10.1. The minimum absolute atomic E-state index is 0.0254. The van der Waals surface area contributed by atoms with Crippen molar-refractivity contribution in [3.05, 3.63) is 29.6 Å². The summed E-state index contributed by atoms with van der Waals surface area (Å²) >= 11 is 0. The largest absolute Gasteiger partial charge is 0.494 e. The van der Waals surface area contributed by atoms with Gasteiger partial charge in [-0.2, -0.15) is 0 Å². The van der Waals surface area contributed by atoms with Crippen molar-refractivity contribution in [2.75, 3.05) is 13.7 Å². The summed E-state index contributed by atoms with van der Waals surface area (Å²) in [6.45, 7) is -0.0476. The lowest BCUT2D eigenvalue weighted by molar-refractivity contribution is -0.125. The Kier molecular flexibility index (Phi) is 4.55. The summed E-state index contributed by atoms with van der Waals surface area (Å²) < 4.78 is 18.2. The maximum atomic E-state index is 13.4. The number of hydrogen-bond donors (Lipinski definition) is 2. The molecule has 1 fully saturated rings. The zero-order valence-electron chi connectivity index (χ0n) is 11.2. The van der Waals surface area contributed by atoms with Crippen LogP contribution in [0.5, 0.6) is 5.75 Å². The average molecular weight is 280 g/mol. The van der Waals surface area contributed by atoms with Crippen LogP contribution in [-0.4, -0.2) is 31.5 Å². The summed E-state index contributed by atoms with van der Waals surface area (Å²) in [6.07, 6.45) is 2.03. The molecule has 1 aromatic carbocycles. The molecule has 2 rings (SSSR count). The van der Waals surface area contributed by atoms with Crippen molar-refractivity contribution < 1.29 is 18.7 Å². The van der Waals surface area contributed by atoms with Gasteiger partial charge in [-0.3, -0.25) is 9.59 Å². The fraction of sp³-hybridized carbons (Fsp3) is 0.429. The van der Waals surface area contributed by atoms with E-state index in [1.165, 1.54) is 19.2 Å². The monoisotopic (exact) mass is 280 g/mol. The average Bonchev–Trinajstić information content (AvgIpc) is 3.20. The van der Waals surface area contributed by atoms with E-state index in [-0.39, 0.29) is 36.6 Å². The van der Waals surface area contributed by atoms with Gasteiger partial charge in [0.05, 0.1) is 20.1 Å². The minimum Gasteiger partial charge on any atom is -0.494 e. The molecule has 0 bridgehead atoms. The first kappa shape index (κ1) is 14.3. The minimum atomic E-state index is -0.510. The van der Waals surface area contributed by atoms with E-state index in [9.17, 15) is 14.0 Å². The standard InChI is InChI=1S/C14H17FN2O3/c1-20-12-5-2-9(6-11(12)15)7-13(18)16-8-14(19)17-10-3-4-10/h2,5-6,10H,3-4,7-8H2,1H3,(H,16,18)(H,17,19). The third kappa shape index (κ3) is 4.22. The van der Waals surface area contributed by atoms with Gasteiger partial charge in [-0.25, -0.2) is 4.39 Å². The zero-order valence-corrected chi connectivity index (χ0v) is 11.2. The Bertz CT molecular complexity index is 515. The highest BCUT2D eigenvalue weighted by molar-refractivity contribution is 5.85. The molecule has 0 radical (unpaired) electrons. The van der Waals surface area contributed by atoms with Crippen molar-refractivity contribution in [2.24, 2.45) is 0 Å². The van der Waals surface area contributed by atoms with E-state index in [1.54, 1.807) is 6.07 Å². The molecule has 108 valence electrons. The number of nitrogens with one attached hydrogen (secondary N) is 2. The molecular weight excluding hydrogens is 263 g/mol. The quantitative estimate of drug-likeness (QED) is 0.809. The molecule has 2 N–H and O–H groups in total. The van der Waals surface area contributed by atoms with Crippen LogP contribution in [0.2, 0.25) is 0 Å². The van der Waals surface area contributed by atoms with Gasteiger partial charge in [0.25, 0.3) is 0 Å². The molecule has 0 aromatic heterocycles. The van der Waals surface area contributed by atoms with Crippen LogP contribution in [0, 0.1) is 5.82 Å². The van der Waals surface area contributed by atoms with Crippen LogP contribution in [0.25, 0.3) is 0 Å². The lowest BCUT2D eigenvalue weighted by Gasteiger charge is -2.07. The van der Waals surface area contributed by atoms with Crippen molar-refractivity contribution in [1.29, 1.82) is 0 Å². The lowest BCUT2D eigenvalue weighted by Crippen LogP contribution is -2.38. The highest BCUT2D eigenvalue weighted by Crippen LogP contribution is 2.18. The first-order valence-electron chi connectivity index (χ1n) is 6.47. The van der Waals surface area contributed by atoms with Gasteiger partial charge in [0.1, 0.15) is 0 Å². The van der Waals surface area contributed by atoms with Crippen molar-refractivity contribution in [2.45, 2.75) is 25.3 Å². The van der Waals surface area contributed by atoms with Crippen molar-refractivity contribution >= 4 is 11.8 Å². The van der Waals surface area contributed by atoms with Crippen LogP contribution >= 0.6 is 0 Å². The molecule has 1 aliphatic carbocycles. The molecule has 1 aromatic rings. The Hall–Kier alpha value is -2.11. The van der Waals surface area contributed by atoms with Gasteiger partial charge in [0, 0.05) is 6.04 Å². The fourth-order valence-corrected chi connectivity index (χ4v) is 1.75. The van der Waals surface area contributed by atoms with Gasteiger partial charge in [0.15, 0.2) is 11.6 Å². The summed E-state index contributed by atoms with van der Waals surface area (Å²) in [7, 11) is 1.38. The smallest absolute Gasteiger partial charge is 0.239 e. The van der Waals surface area contributed by atoms with Crippen molar-refractivity contribution in [1.82, 2.24) is 10.6 Å². The first-order valence-corrected chi connectivity index (χ1v) is 6.47. The number of methoxy groups -OCH3 is 1. The molecule has 0 saturated heterocycles. The second-order valence-corrected chi connectivity index (χ2v) is 4.76. The molecule has 1 saturated carbocycles. The van der Waals surface area contributed by atoms with Gasteiger partial charge in [-0.1, -0.05) is 6.07 Å². The number of carbonyl (C=O) groups is 2. The summed E-state index contributed by atoms with van der Waals surface area (Å²) in [5.41, 5.74) is 0.531. The summed E-state index contributed by atoms with van der Waals surface area (Å²) in [5, 5.41) is 5.27. The Morgan fingerprint density at radius 1 is 1.35 bits per heavy atom. The van der Waals surface area contributed by atoms with Gasteiger partial charge in [-0.05, 0) is 30.5 Å². The SMILES string of the molecule is COc1ccc(CC(=O)NCC(=O)NC2CC2)cc1F. The van der Waals surface area contributed by atoms with Crippen molar-refractivity contribution in [3.8, 4) is 5.75 Å². The highest BCUT2D eigenvalue weighted by Gasteiger charge is 2.23. The van der Waals surface area contributed by atoms with Crippen LogP contribution < -0.4 is 15.4 Å². The maximum absolute atomic E-state index is 13.4. The predicted octanol–water partition coefficient (Wildman–Crippen LogP) is 0.772. The van der Waals surface area contributed by atoms with E-state index in [0.717, 1.165) is 12.8 Å². The van der Waals surface area contributed by atoms with E-state index in [0.29, 0.717) is 5.56 Å². The zero-order chi connectivity index (χ0) is 14.5. The number of hydrogen-bond acceptors (Lipinski definition) is 3. The van der Waals surface area contributed by atoms with E-state index >= 15 is 0 Å². The third-order valence-corrected chi connectivity index (χ3v) is 2.97.